The van der Waals surface area contributed by atoms with Gasteiger partial charge >= 0.3 is 0 Å². The van der Waals surface area contributed by atoms with Gasteiger partial charge in [0.05, 0.1) is 11.0 Å². The smallest absolute Gasteiger partial charge is 0.138 e. The molecular weight excluding hydrogens is 198 g/mol. The number of aliphatic hydroxyl groups is 1. The van der Waals surface area contributed by atoms with Gasteiger partial charge in [0.15, 0.2) is 0 Å². The molecule has 1 aromatic carbocycles. The number of hydrogen-bond donors (Lipinski definition) is 2. The highest BCUT2D eigenvalue weighted by atomic mass is 32.2. The van der Waals surface area contributed by atoms with E-state index in [-0.39, 0.29) is 0 Å². The summed E-state index contributed by atoms with van der Waals surface area (Å²) < 4.78 is 5.36. The van der Waals surface area contributed by atoms with Gasteiger partial charge in [-0.1, -0.05) is 17.8 Å². The molecule has 0 amide bonds. The molecule has 1 atom stereocenters. The van der Waals surface area contributed by atoms with Crippen LogP contribution < -0.4 is 10.1 Å². The Balaban J connectivity index is 2.19. The molecule has 0 fully saturated rings. The van der Waals surface area contributed by atoms with Crippen LogP contribution in [0.5, 0.6) is 5.75 Å². The summed E-state index contributed by atoms with van der Waals surface area (Å²) in [6.07, 6.45) is -0.438. The second-order valence-corrected chi connectivity index (χ2v) is 4.15. The van der Waals surface area contributed by atoms with Crippen LogP contribution in [-0.2, 0) is 0 Å². The minimum Gasteiger partial charge on any atom is -0.481 e. The van der Waals surface area contributed by atoms with Crippen molar-refractivity contribution in [1.29, 1.82) is 0 Å². The van der Waals surface area contributed by atoms with Gasteiger partial charge in [0.2, 0.25) is 0 Å². The first kappa shape index (κ1) is 9.83. The third-order valence-corrected chi connectivity index (χ3v) is 3.04. The van der Waals surface area contributed by atoms with E-state index in [1.807, 2.05) is 25.2 Å². The van der Waals surface area contributed by atoms with Crippen molar-refractivity contribution in [2.75, 3.05) is 19.5 Å². The number of benzene rings is 1. The summed E-state index contributed by atoms with van der Waals surface area (Å²) >= 11 is 1.66. The van der Waals surface area contributed by atoms with E-state index in [4.69, 9.17) is 4.74 Å². The summed E-state index contributed by atoms with van der Waals surface area (Å²) in [5, 5.41) is 12.7. The third kappa shape index (κ3) is 1.87. The zero-order chi connectivity index (χ0) is 9.97. The predicted octanol–water partition coefficient (Wildman–Crippen LogP) is 1.38. The average Bonchev–Trinajstić information content (AvgIpc) is 2.64. The van der Waals surface area contributed by atoms with Crippen molar-refractivity contribution in [3.05, 3.63) is 23.8 Å². The Labute approximate surface area is 87.5 Å². The normalized spacial score (nSPS) is 16.1. The van der Waals surface area contributed by atoms with Gasteiger partial charge in [0.25, 0.3) is 0 Å². The maximum atomic E-state index is 9.74. The van der Waals surface area contributed by atoms with Crippen LogP contribution in [0.25, 0.3) is 0 Å². The van der Waals surface area contributed by atoms with Crippen molar-refractivity contribution < 1.29 is 9.84 Å². The first-order valence-corrected chi connectivity index (χ1v) is 5.52. The first-order chi connectivity index (χ1) is 6.81. The van der Waals surface area contributed by atoms with Gasteiger partial charge in [0, 0.05) is 6.54 Å². The first-order valence-electron chi connectivity index (χ1n) is 4.53. The number of likely N-dealkylation sites (N-methyl/N-ethyl adjacent to an activating group) is 1. The monoisotopic (exact) mass is 211 g/mol. The summed E-state index contributed by atoms with van der Waals surface area (Å²) in [4.78, 5) is 1.12. The lowest BCUT2D eigenvalue weighted by atomic mass is 10.1. The molecule has 1 aliphatic rings. The van der Waals surface area contributed by atoms with Crippen molar-refractivity contribution >= 4 is 11.8 Å². The fourth-order valence-corrected chi connectivity index (χ4v) is 2.23. The molecule has 4 heteroatoms. The highest BCUT2D eigenvalue weighted by Crippen LogP contribution is 2.37. The van der Waals surface area contributed by atoms with Crippen LogP contribution in [0.3, 0.4) is 0 Å². The number of aliphatic hydroxyl groups excluding tert-OH is 1. The molecule has 2 rings (SSSR count). The Hall–Kier alpha value is -0.710. The highest BCUT2D eigenvalue weighted by molar-refractivity contribution is 7.99. The fourth-order valence-electron chi connectivity index (χ4n) is 1.43. The second kappa shape index (κ2) is 4.21. The lowest BCUT2D eigenvalue weighted by Gasteiger charge is -2.10. The van der Waals surface area contributed by atoms with Gasteiger partial charge in [-0.25, -0.2) is 0 Å². The van der Waals surface area contributed by atoms with Crippen LogP contribution in [0, 0.1) is 0 Å². The molecule has 2 N–H and O–H groups in total. The highest BCUT2D eigenvalue weighted by Gasteiger charge is 2.15. The number of ether oxygens (including phenoxy) is 1. The maximum Gasteiger partial charge on any atom is 0.138 e. The molecule has 3 nitrogen and oxygen atoms in total. The van der Waals surface area contributed by atoms with E-state index in [0.29, 0.717) is 12.5 Å². The molecule has 0 saturated carbocycles. The van der Waals surface area contributed by atoms with E-state index in [1.54, 1.807) is 11.8 Å². The van der Waals surface area contributed by atoms with E-state index in [0.717, 1.165) is 16.2 Å². The van der Waals surface area contributed by atoms with Crippen molar-refractivity contribution in [2.24, 2.45) is 0 Å². The zero-order valence-electron chi connectivity index (χ0n) is 7.99. The molecule has 1 heterocycles. The van der Waals surface area contributed by atoms with Crippen LogP contribution >= 0.6 is 11.8 Å². The molecule has 0 bridgehead atoms. The number of hydrogen-bond acceptors (Lipinski definition) is 4. The summed E-state index contributed by atoms with van der Waals surface area (Å²) in [7, 11) is 1.83. The van der Waals surface area contributed by atoms with Crippen molar-refractivity contribution in [3.63, 3.8) is 0 Å². The molecule has 1 aliphatic heterocycles. The molecule has 0 aromatic heterocycles. The molecule has 14 heavy (non-hydrogen) atoms. The van der Waals surface area contributed by atoms with E-state index in [2.05, 4.69) is 5.32 Å². The SMILES string of the molecule is CNCC(O)c1ccc2c(c1)SCO2. The fraction of sp³-hybridized carbons (Fsp3) is 0.400. The van der Waals surface area contributed by atoms with Crippen LogP contribution in [0.2, 0.25) is 0 Å². The van der Waals surface area contributed by atoms with Crippen LogP contribution in [0.4, 0.5) is 0 Å². The Kier molecular flexibility index (Phi) is 2.96. The predicted molar refractivity (Wildman–Crippen MR) is 56.7 cm³/mol. The molecule has 76 valence electrons. The molecular formula is C10H13NO2S. The summed E-state index contributed by atoms with van der Waals surface area (Å²) in [5.74, 6) is 1.61. The summed E-state index contributed by atoms with van der Waals surface area (Å²) in [5.41, 5.74) is 0.941. The molecule has 0 radical (unpaired) electrons. The van der Waals surface area contributed by atoms with Gasteiger partial charge in [-0.05, 0) is 24.7 Å². The van der Waals surface area contributed by atoms with Crippen LogP contribution in [0.15, 0.2) is 23.1 Å². The van der Waals surface area contributed by atoms with Gasteiger partial charge < -0.3 is 15.2 Å². The van der Waals surface area contributed by atoms with Gasteiger partial charge in [-0.15, -0.1) is 0 Å². The maximum absolute atomic E-state index is 9.74. The number of nitrogens with one attached hydrogen (secondary N) is 1. The Bertz CT molecular complexity index is 330. The van der Waals surface area contributed by atoms with Gasteiger partial charge in [-0.2, -0.15) is 0 Å². The molecule has 1 unspecified atom stereocenters. The average molecular weight is 211 g/mol. The quantitative estimate of drug-likeness (QED) is 0.792. The minimum absolute atomic E-state index is 0.438. The largest absolute Gasteiger partial charge is 0.481 e. The lowest BCUT2D eigenvalue weighted by molar-refractivity contribution is 0.177. The third-order valence-electron chi connectivity index (χ3n) is 2.18. The summed E-state index contributed by atoms with van der Waals surface area (Å²) in [6, 6.07) is 5.82. The number of rotatable bonds is 3. The van der Waals surface area contributed by atoms with Gasteiger partial charge in [-0.3, -0.25) is 0 Å². The molecule has 0 saturated heterocycles. The van der Waals surface area contributed by atoms with Crippen molar-refractivity contribution in [2.45, 2.75) is 11.0 Å². The topological polar surface area (TPSA) is 41.5 Å². The van der Waals surface area contributed by atoms with E-state index >= 15 is 0 Å². The van der Waals surface area contributed by atoms with Crippen LogP contribution in [0.1, 0.15) is 11.7 Å². The van der Waals surface area contributed by atoms with Gasteiger partial charge in [0.1, 0.15) is 11.7 Å². The number of thioether (sulfide) groups is 1. The molecule has 1 aromatic rings. The van der Waals surface area contributed by atoms with E-state index in [9.17, 15) is 5.11 Å². The van der Waals surface area contributed by atoms with E-state index in [1.165, 1.54) is 0 Å². The minimum atomic E-state index is -0.438. The Morgan fingerprint density at radius 2 is 2.50 bits per heavy atom. The summed E-state index contributed by atoms with van der Waals surface area (Å²) in [6.45, 7) is 0.574. The zero-order valence-corrected chi connectivity index (χ0v) is 8.80. The lowest BCUT2D eigenvalue weighted by Crippen LogP contribution is -2.16. The standard InChI is InChI=1S/C10H13NO2S/c1-11-5-8(12)7-2-3-9-10(4-7)14-6-13-9/h2-4,8,11-12H,5-6H2,1H3. The second-order valence-electron chi connectivity index (χ2n) is 3.19. The van der Waals surface area contributed by atoms with E-state index < -0.39 is 6.10 Å². The van der Waals surface area contributed by atoms with Crippen molar-refractivity contribution in [3.8, 4) is 5.75 Å². The van der Waals surface area contributed by atoms with Crippen molar-refractivity contribution in [1.82, 2.24) is 5.32 Å². The molecule has 0 spiro atoms. The number of fused-ring (bicyclic) bond motifs is 1. The van der Waals surface area contributed by atoms with Crippen LogP contribution in [-0.4, -0.2) is 24.6 Å². The Morgan fingerprint density at radius 1 is 1.64 bits per heavy atom. The Morgan fingerprint density at radius 3 is 3.29 bits per heavy atom. The molecule has 0 aliphatic carbocycles.